The van der Waals surface area contributed by atoms with E-state index in [-0.39, 0.29) is 10.8 Å². The summed E-state index contributed by atoms with van der Waals surface area (Å²) in [5, 5.41) is 2.70. The van der Waals surface area contributed by atoms with Crippen molar-refractivity contribution >= 4 is 21.7 Å². The van der Waals surface area contributed by atoms with Gasteiger partial charge in [0.2, 0.25) is 15.9 Å². The van der Waals surface area contributed by atoms with Gasteiger partial charge in [0.15, 0.2) is 0 Å². The van der Waals surface area contributed by atoms with Crippen molar-refractivity contribution in [2.45, 2.75) is 17.7 Å². The fourth-order valence-electron chi connectivity index (χ4n) is 1.85. The van der Waals surface area contributed by atoms with Crippen LogP contribution in [-0.2, 0) is 21.2 Å². The van der Waals surface area contributed by atoms with Crippen LogP contribution in [0.5, 0.6) is 0 Å². The number of nitrogens with one attached hydrogen (secondary N) is 2. The van der Waals surface area contributed by atoms with Gasteiger partial charge in [-0.2, -0.15) is 0 Å². The summed E-state index contributed by atoms with van der Waals surface area (Å²) in [7, 11) is -2.06. The first-order valence-corrected chi connectivity index (χ1v) is 8.23. The van der Waals surface area contributed by atoms with Gasteiger partial charge in [0.25, 0.3) is 0 Å². The molecule has 7 heteroatoms. The number of aryl methyl sites for hydroxylation is 1. The molecular formula is C15H17N3O3S. The average Bonchev–Trinajstić information content (AvgIpc) is 2.54. The highest BCUT2D eigenvalue weighted by Crippen LogP contribution is 2.12. The van der Waals surface area contributed by atoms with Crippen LogP contribution in [0.3, 0.4) is 0 Å². The largest absolute Gasteiger partial charge is 0.311 e. The van der Waals surface area contributed by atoms with E-state index in [1.807, 2.05) is 0 Å². The molecule has 0 spiro atoms. The summed E-state index contributed by atoms with van der Waals surface area (Å²) >= 11 is 0. The van der Waals surface area contributed by atoms with Gasteiger partial charge < -0.3 is 5.32 Å². The molecule has 0 saturated carbocycles. The Kier molecular flexibility index (Phi) is 5.24. The maximum absolute atomic E-state index is 11.8. The minimum atomic E-state index is -3.42. The Labute approximate surface area is 129 Å². The molecule has 2 rings (SSSR count). The molecule has 0 saturated heterocycles. The highest BCUT2D eigenvalue weighted by Gasteiger charge is 2.10. The third-order valence-electron chi connectivity index (χ3n) is 3.08. The molecule has 1 aromatic heterocycles. The predicted octanol–water partition coefficient (Wildman–Crippen LogP) is 1.56. The summed E-state index contributed by atoms with van der Waals surface area (Å²) in [5.41, 5.74) is 0.895. The van der Waals surface area contributed by atoms with Crippen LogP contribution in [0.15, 0.2) is 53.6 Å². The van der Waals surface area contributed by atoms with Crippen molar-refractivity contribution in [2.75, 3.05) is 12.4 Å². The number of amides is 1. The maximum atomic E-state index is 11.8. The number of anilines is 1. The van der Waals surface area contributed by atoms with Crippen molar-refractivity contribution in [3.63, 3.8) is 0 Å². The lowest BCUT2D eigenvalue weighted by atomic mass is 10.1. The molecule has 116 valence electrons. The molecule has 0 aliphatic heterocycles. The topological polar surface area (TPSA) is 88.2 Å². The molecule has 0 fully saturated rings. The molecule has 2 aromatic rings. The number of carbonyl (C=O) groups excluding carboxylic acids is 1. The molecular weight excluding hydrogens is 302 g/mol. The first kappa shape index (κ1) is 16.1. The standard InChI is InChI=1S/C15H17N3O3S/c1-16-22(20,21)13-8-5-12(6-9-13)7-10-15(19)18-14-4-2-3-11-17-14/h2-6,8-9,11,16H,7,10H2,1H3,(H,17,18,19). The highest BCUT2D eigenvalue weighted by molar-refractivity contribution is 7.89. The Morgan fingerprint density at radius 2 is 1.86 bits per heavy atom. The number of pyridine rings is 1. The zero-order valence-corrected chi connectivity index (χ0v) is 12.9. The van der Waals surface area contributed by atoms with Gasteiger partial charge in [-0.15, -0.1) is 0 Å². The number of hydrogen-bond donors (Lipinski definition) is 2. The summed E-state index contributed by atoms with van der Waals surface area (Å²) < 4.78 is 25.5. The lowest BCUT2D eigenvalue weighted by molar-refractivity contribution is -0.116. The molecule has 0 atom stereocenters. The molecule has 0 radical (unpaired) electrons. The van der Waals surface area contributed by atoms with Crippen molar-refractivity contribution in [3.05, 3.63) is 54.2 Å². The number of aromatic nitrogens is 1. The molecule has 0 bridgehead atoms. The Bertz CT molecular complexity index is 728. The molecule has 0 aliphatic carbocycles. The molecule has 22 heavy (non-hydrogen) atoms. The molecule has 1 heterocycles. The second-order valence-electron chi connectivity index (χ2n) is 4.61. The van der Waals surface area contributed by atoms with Crippen molar-refractivity contribution in [1.29, 1.82) is 0 Å². The molecule has 0 aliphatic rings. The fraction of sp³-hybridized carbons (Fsp3) is 0.200. The van der Waals surface area contributed by atoms with Crippen LogP contribution in [0.25, 0.3) is 0 Å². The van der Waals surface area contributed by atoms with Gasteiger partial charge >= 0.3 is 0 Å². The number of hydrogen-bond acceptors (Lipinski definition) is 4. The zero-order chi connectivity index (χ0) is 16.0. The second kappa shape index (κ2) is 7.15. The molecule has 0 unspecified atom stereocenters. The van der Waals surface area contributed by atoms with Gasteiger partial charge in [0, 0.05) is 12.6 Å². The Hall–Kier alpha value is -2.25. The van der Waals surface area contributed by atoms with Crippen LogP contribution in [0.4, 0.5) is 5.82 Å². The fourth-order valence-corrected chi connectivity index (χ4v) is 2.58. The normalized spacial score (nSPS) is 11.1. The predicted molar refractivity (Wildman–Crippen MR) is 83.9 cm³/mol. The third kappa shape index (κ3) is 4.37. The number of nitrogens with zero attached hydrogens (tertiary/aromatic N) is 1. The number of benzene rings is 1. The van der Waals surface area contributed by atoms with Crippen LogP contribution in [0, 0.1) is 0 Å². The van der Waals surface area contributed by atoms with E-state index in [1.165, 1.54) is 19.2 Å². The van der Waals surface area contributed by atoms with E-state index in [1.54, 1.807) is 36.5 Å². The Morgan fingerprint density at radius 3 is 2.45 bits per heavy atom. The summed E-state index contributed by atoms with van der Waals surface area (Å²) in [5.74, 6) is 0.383. The minimum Gasteiger partial charge on any atom is -0.311 e. The van der Waals surface area contributed by atoms with Gasteiger partial charge in [-0.05, 0) is 43.3 Å². The third-order valence-corrected chi connectivity index (χ3v) is 4.51. The lowest BCUT2D eigenvalue weighted by Crippen LogP contribution is -2.18. The van der Waals surface area contributed by atoms with Crippen molar-refractivity contribution in [1.82, 2.24) is 9.71 Å². The number of sulfonamides is 1. The van der Waals surface area contributed by atoms with Crippen molar-refractivity contribution in [3.8, 4) is 0 Å². The zero-order valence-electron chi connectivity index (χ0n) is 12.1. The average molecular weight is 319 g/mol. The second-order valence-corrected chi connectivity index (χ2v) is 6.50. The Balaban J connectivity index is 1.91. The van der Waals surface area contributed by atoms with E-state index in [9.17, 15) is 13.2 Å². The quantitative estimate of drug-likeness (QED) is 0.846. The van der Waals surface area contributed by atoms with Gasteiger partial charge in [0.1, 0.15) is 5.82 Å². The monoisotopic (exact) mass is 319 g/mol. The summed E-state index contributed by atoms with van der Waals surface area (Å²) in [6, 6.07) is 11.8. The van der Waals surface area contributed by atoms with E-state index in [0.717, 1.165) is 5.56 Å². The SMILES string of the molecule is CNS(=O)(=O)c1ccc(CCC(=O)Nc2ccccn2)cc1. The van der Waals surface area contributed by atoms with Crippen LogP contribution in [0.2, 0.25) is 0 Å². The minimum absolute atomic E-state index is 0.134. The summed E-state index contributed by atoms with van der Waals surface area (Å²) in [6.07, 6.45) is 2.43. The first-order valence-electron chi connectivity index (χ1n) is 6.74. The molecule has 1 amide bonds. The Morgan fingerprint density at radius 1 is 1.14 bits per heavy atom. The van der Waals surface area contributed by atoms with E-state index in [2.05, 4.69) is 15.0 Å². The van der Waals surface area contributed by atoms with Crippen molar-refractivity contribution < 1.29 is 13.2 Å². The molecule has 2 N–H and O–H groups in total. The lowest BCUT2D eigenvalue weighted by Gasteiger charge is -2.06. The van der Waals surface area contributed by atoms with E-state index < -0.39 is 10.0 Å². The van der Waals surface area contributed by atoms with E-state index in [0.29, 0.717) is 18.7 Å². The summed E-state index contributed by atoms with van der Waals surface area (Å²) in [4.78, 5) is 16.0. The highest BCUT2D eigenvalue weighted by atomic mass is 32.2. The number of carbonyl (C=O) groups is 1. The van der Waals surface area contributed by atoms with E-state index in [4.69, 9.17) is 0 Å². The molecule has 1 aromatic carbocycles. The first-order chi connectivity index (χ1) is 10.5. The summed E-state index contributed by atoms with van der Waals surface area (Å²) in [6.45, 7) is 0. The maximum Gasteiger partial charge on any atom is 0.240 e. The van der Waals surface area contributed by atoms with Crippen LogP contribution in [-0.4, -0.2) is 26.4 Å². The number of rotatable bonds is 6. The van der Waals surface area contributed by atoms with Crippen LogP contribution in [0.1, 0.15) is 12.0 Å². The van der Waals surface area contributed by atoms with Crippen LogP contribution >= 0.6 is 0 Å². The van der Waals surface area contributed by atoms with Crippen molar-refractivity contribution in [2.24, 2.45) is 0 Å². The van der Waals surface area contributed by atoms with Crippen LogP contribution < -0.4 is 10.0 Å². The van der Waals surface area contributed by atoms with Gasteiger partial charge in [-0.1, -0.05) is 18.2 Å². The van der Waals surface area contributed by atoms with E-state index >= 15 is 0 Å². The van der Waals surface area contributed by atoms with Gasteiger partial charge in [-0.3, -0.25) is 4.79 Å². The molecule has 6 nitrogen and oxygen atoms in total. The smallest absolute Gasteiger partial charge is 0.240 e. The van der Waals surface area contributed by atoms with Gasteiger partial charge in [-0.25, -0.2) is 18.1 Å². The van der Waals surface area contributed by atoms with Gasteiger partial charge in [0.05, 0.1) is 4.90 Å².